The average molecular weight is 721 g/mol. The second-order valence-electron chi connectivity index (χ2n) is 11.3. The Balaban J connectivity index is 0.00000231. The van der Waals surface area contributed by atoms with Gasteiger partial charge in [-0.2, -0.15) is 0 Å². The van der Waals surface area contributed by atoms with E-state index in [0.29, 0.717) is 11.8 Å². The number of allylic oxidation sites excluding steroid dienone is 8. The van der Waals surface area contributed by atoms with Crippen LogP contribution in [0.15, 0.2) is 109 Å². The molecule has 0 heterocycles. The maximum atomic E-state index is 2.70. The van der Waals surface area contributed by atoms with Gasteiger partial charge in [0.1, 0.15) is 0 Å². The van der Waals surface area contributed by atoms with Crippen LogP contribution < -0.4 is 29.2 Å². The largest absolute Gasteiger partial charge is 1.00 e. The first-order valence-electron chi connectivity index (χ1n) is 14.7. The molecule has 3 aromatic carbocycles. The van der Waals surface area contributed by atoms with Crippen molar-refractivity contribution >= 4 is 25.5 Å². The van der Waals surface area contributed by atoms with Gasteiger partial charge in [-0.3, -0.25) is 0 Å². The summed E-state index contributed by atoms with van der Waals surface area (Å²) in [6.07, 6.45) is 7.38. The summed E-state index contributed by atoms with van der Waals surface area (Å²) in [4.78, 5) is 0. The van der Waals surface area contributed by atoms with Gasteiger partial charge in [0, 0.05) is 0 Å². The predicted molar refractivity (Wildman–Crippen MR) is 169 cm³/mol. The predicted octanol–water partition coefficient (Wildman–Crippen LogP) is 3.28. The van der Waals surface area contributed by atoms with Crippen LogP contribution in [0.25, 0.3) is 11.1 Å². The number of rotatable bonds is 7. The van der Waals surface area contributed by atoms with Crippen molar-refractivity contribution in [1.29, 1.82) is 0 Å². The minimum atomic E-state index is -2.24. The molecule has 2 atom stereocenters. The Morgan fingerprint density at radius 1 is 0.634 bits per heavy atom. The van der Waals surface area contributed by atoms with Gasteiger partial charge in [-0.15, -0.1) is 0 Å². The first-order valence-corrected chi connectivity index (χ1v) is 27.7. The third kappa shape index (κ3) is 6.90. The molecule has 0 aromatic heterocycles. The maximum Gasteiger partial charge on any atom is -1.00 e. The Hall–Kier alpha value is -1.37. The Morgan fingerprint density at radius 2 is 1.07 bits per heavy atom. The molecule has 2 aliphatic carbocycles. The summed E-state index contributed by atoms with van der Waals surface area (Å²) >= 11 is -2.24. The molecule has 0 aliphatic heterocycles. The maximum absolute atomic E-state index is 2.70. The van der Waals surface area contributed by atoms with Gasteiger partial charge in [0.2, 0.25) is 0 Å². The van der Waals surface area contributed by atoms with Crippen LogP contribution in [0.5, 0.6) is 0 Å². The molecule has 0 fully saturated rings. The van der Waals surface area contributed by atoms with E-state index in [4.69, 9.17) is 0 Å². The van der Waals surface area contributed by atoms with E-state index < -0.39 is 28.6 Å². The monoisotopic (exact) mass is 720 g/mol. The third-order valence-electron chi connectivity index (χ3n) is 8.77. The van der Waals surface area contributed by atoms with Crippen LogP contribution in [0.3, 0.4) is 0 Å². The van der Waals surface area contributed by atoms with Crippen molar-refractivity contribution in [1.82, 2.24) is 0 Å². The van der Waals surface area contributed by atoms with Crippen molar-refractivity contribution in [3.63, 3.8) is 0 Å². The SMILES string of the molecule is CCc1cccc(C2=CC(C)[C]([Zr+2]([C]3=C(C)C(c4cccc(CC)c4)=CC3C)=[Ge]([CH3])[c]3ccccc3)=C2C)c1.[Cl-].[Cl-]. The summed E-state index contributed by atoms with van der Waals surface area (Å²) in [7, 11) is -1.55. The Labute approximate surface area is 269 Å². The number of halogens is 2. The number of hydrogen-bond acceptors (Lipinski definition) is 0. The first-order chi connectivity index (χ1) is 18.8. The molecular formula is C37H42Cl2GeZr. The molecule has 5 rings (SSSR count). The molecule has 0 N–H and O–H groups in total. The molecular weight excluding hydrogens is 679 g/mol. The normalized spacial score (nSPS) is 17.8. The summed E-state index contributed by atoms with van der Waals surface area (Å²) in [6, 6.07) is 30.2. The van der Waals surface area contributed by atoms with Gasteiger partial charge in [-0.05, 0) is 0 Å². The van der Waals surface area contributed by atoms with Crippen molar-refractivity contribution in [3.05, 3.63) is 131 Å². The molecule has 0 saturated heterocycles. The van der Waals surface area contributed by atoms with Crippen molar-refractivity contribution in [2.75, 3.05) is 0 Å². The standard InChI is InChI=1S/2C15H17.C7H8Ge.2ClH.Zr/c2*1-4-13-6-5-7-14(10-13)15-9-11(2)8-12(15)3;1-8-7-5-3-2-4-6-7;;;/h2*5-7,9-11H,4H2,1-3H3;2-6H,1H3;2*1H;/q;;;;;+2/p-2. The number of aryl methyl sites for hydroxylation is 2. The molecule has 0 spiro atoms. The molecule has 4 heteroatoms. The molecule has 2 unspecified atom stereocenters. The zero-order valence-corrected chi connectivity index (χ0v) is 31.6. The topological polar surface area (TPSA) is 0 Å². The minimum Gasteiger partial charge on any atom is -1.00 e. The molecule has 212 valence electrons. The van der Waals surface area contributed by atoms with Crippen LogP contribution in [-0.2, 0) is 31.5 Å². The smallest absolute Gasteiger partial charge is 1.00 e. The van der Waals surface area contributed by atoms with Gasteiger partial charge >= 0.3 is 247 Å². The van der Waals surface area contributed by atoms with Crippen molar-refractivity contribution in [2.45, 2.75) is 60.1 Å². The second-order valence-corrected chi connectivity index (χ2v) is 35.4. The van der Waals surface area contributed by atoms with Crippen molar-refractivity contribution < 1.29 is 43.4 Å². The molecule has 0 nitrogen and oxygen atoms in total. The van der Waals surface area contributed by atoms with Gasteiger partial charge in [0.25, 0.3) is 0 Å². The van der Waals surface area contributed by atoms with E-state index >= 15 is 0 Å². The quantitative estimate of drug-likeness (QED) is 0.329. The molecule has 0 bridgehead atoms. The van der Waals surface area contributed by atoms with E-state index in [0.717, 1.165) is 12.8 Å². The first kappa shape index (κ1) is 34.1. The fourth-order valence-electron chi connectivity index (χ4n) is 6.64. The van der Waals surface area contributed by atoms with Crippen molar-refractivity contribution in [3.8, 4) is 0 Å². The zero-order chi connectivity index (χ0) is 27.7. The zero-order valence-electron chi connectivity index (χ0n) is 25.5. The van der Waals surface area contributed by atoms with E-state index in [1.165, 1.54) is 33.4 Å². The minimum absolute atomic E-state index is 0. The van der Waals surface area contributed by atoms with Crippen molar-refractivity contribution in [2.24, 2.45) is 11.8 Å². The van der Waals surface area contributed by atoms with Gasteiger partial charge < -0.3 is 24.8 Å². The van der Waals surface area contributed by atoms with Gasteiger partial charge in [-0.25, -0.2) is 0 Å². The number of benzene rings is 3. The molecule has 0 saturated carbocycles. The fraction of sp³-hybridized carbons (Fsp3) is 0.297. The van der Waals surface area contributed by atoms with Crippen LogP contribution in [0.1, 0.15) is 63.8 Å². The van der Waals surface area contributed by atoms with Crippen LogP contribution in [0.2, 0.25) is 5.76 Å². The van der Waals surface area contributed by atoms with Crippen LogP contribution in [0, 0.1) is 11.8 Å². The van der Waals surface area contributed by atoms with Crippen LogP contribution >= 0.6 is 0 Å². The van der Waals surface area contributed by atoms with Gasteiger partial charge in [0.15, 0.2) is 0 Å². The van der Waals surface area contributed by atoms with Gasteiger partial charge in [0.05, 0.1) is 0 Å². The molecule has 3 aromatic rings. The number of hydrogen-bond donors (Lipinski definition) is 0. The Morgan fingerprint density at radius 3 is 1.49 bits per heavy atom. The molecule has 41 heavy (non-hydrogen) atoms. The summed E-state index contributed by atoms with van der Waals surface area (Å²) in [6.45, 7) is 14.4. The summed E-state index contributed by atoms with van der Waals surface area (Å²) in [5.41, 5.74) is 11.9. The summed E-state index contributed by atoms with van der Waals surface area (Å²) in [5.74, 6) is 3.77. The fourth-order valence-corrected chi connectivity index (χ4v) is 42.7. The van der Waals surface area contributed by atoms with E-state index in [-0.39, 0.29) is 24.8 Å². The molecule has 0 radical (unpaired) electrons. The van der Waals surface area contributed by atoms with Gasteiger partial charge in [-0.1, -0.05) is 0 Å². The van der Waals surface area contributed by atoms with Crippen LogP contribution in [-0.4, -0.2) is 9.98 Å². The molecule has 2 aliphatic rings. The van der Waals surface area contributed by atoms with E-state index in [1.54, 1.807) is 15.5 Å². The van der Waals surface area contributed by atoms with E-state index in [9.17, 15) is 0 Å². The summed E-state index contributed by atoms with van der Waals surface area (Å²) < 4.78 is 5.41. The summed E-state index contributed by atoms with van der Waals surface area (Å²) in [5, 5.41) is 0. The third-order valence-corrected chi connectivity index (χ3v) is 39.5. The Bertz CT molecular complexity index is 1480. The average Bonchev–Trinajstić information content (AvgIpc) is 3.43. The molecule has 0 amide bonds. The van der Waals surface area contributed by atoms with E-state index in [2.05, 4.69) is 138 Å². The second kappa shape index (κ2) is 14.9. The van der Waals surface area contributed by atoms with Crippen LogP contribution in [0.4, 0.5) is 0 Å². The van der Waals surface area contributed by atoms with E-state index in [1.807, 2.05) is 6.56 Å². The Kier molecular flexibility index (Phi) is 12.4.